The third kappa shape index (κ3) is 3.62. The summed E-state index contributed by atoms with van der Waals surface area (Å²) in [5.74, 6) is -0.835. The molecule has 0 saturated carbocycles. The van der Waals surface area contributed by atoms with Crippen molar-refractivity contribution in [2.24, 2.45) is 7.05 Å². The van der Waals surface area contributed by atoms with E-state index in [4.69, 9.17) is 4.74 Å². The van der Waals surface area contributed by atoms with E-state index in [1.807, 2.05) is 51.2 Å². The predicted octanol–water partition coefficient (Wildman–Crippen LogP) is 3.99. The minimum absolute atomic E-state index is 0.180. The average molecular weight is 450 g/mol. The van der Waals surface area contributed by atoms with E-state index in [1.54, 1.807) is 44.4 Å². The zero-order valence-corrected chi connectivity index (χ0v) is 19.1. The van der Waals surface area contributed by atoms with Crippen molar-refractivity contribution in [1.29, 1.82) is 0 Å². The molecule has 3 aromatic heterocycles. The van der Waals surface area contributed by atoms with E-state index in [-0.39, 0.29) is 17.9 Å². The molecule has 0 saturated heterocycles. The standard InChI is InChI=1S/C24H23N3O4S/c1-15-13-19(20(28)14-31-24(30)21-11-8-12-32-21)16(2)26(15)22-17(3)25(4)27(23(22)29)18-9-6-5-7-10-18/h5-13H,14H2,1-4H3. The number of carbonyl (C=O) groups is 2. The summed E-state index contributed by atoms with van der Waals surface area (Å²) < 4.78 is 10.4. The van der Waals surface area contributed by atoms with Crippen LogP contribution in [0.15, 0.2) is 58.7 Å². The number of ketones is 1. The van der Waals surface area contributed by atoms with Gasteiger partial charge in [-0.25, -0.2) is 9.48 Å². The summed E-state index contributed by atoms with van der Waals surface area (Å²) in [6.45, 7) is 5.16. The van der Waals surface area contributed by atoms with Crippen LogP contribution in [-0.2, 0) is 11.8 Å². The van der Waals surface area contributed by atoms with Crippen LogP contribution in [0.1, 0.15) is 37.1 Å². The van der Waals surface area contributed by atoms with Gasteiger partial charge >= 0.3 is 5.97 Å². The molecule has 32 heavy (non-hydrogen) atoms. The van der Waals surface area contributed by atoms with E-state index < -0.39 is 5.97 Å². The van der Waals surface area contributed by atoms with Crippen LogP contribution >= 0.6 is 11.3 Å². The highest BCUT2D eigenvalue weighted by Gasteiger charge is 2.24. The Balaban J connectivity index is 1.69. The van der Waals surface area contributed by atoms with E-state index in [1.165, 1.54) is 11.3 Å². The van der Waals surface area contributed by atoms with Gasteiger partial charge in [0.25, 0.3) is 5.56 Å². The van der Waals surface area contributed by atoms with Crippen molar-refractivity contribution in [3.05, 3.63) is 91.8 Å². The van der Waals surface area contributed by atoms with Crippen LogP contribution in [-0.4, -0.2) is 32.3 Å². The molecular formula is C24H23N3O4S. The second kappa shape index (κ2) is 8.47. The number of para-hydroxylation sites is 1. The summed E-state index contributed by atoms with van der Waals surface area (Å²) in [7, 11) is 1.83. The van der Waals surface area contributed by atoms with Gasteiger partial charge in [-0.05, 0) is 50.4 Å². The first-order chi connectivity index (χ1) is 15.3. The maximum Gasteiger partial charge on any atom is 0.348 e. The maximum absolute atomic E-state index is 13.4. The van der Waals surface area contributed by atoms with Gasteiger partial charge in [0, 0.05) is 24.0 Å². The van der Waals surface area contributed by atoms with E-state index in [0.29, 0.717) is 21.8 Å². The molecule has 0 aliphatic carbocycles. The van der Waals surface area contributed by atoms with Crippen molar-refractivity contribution < 1.29 is 14.3 Å². The third-order valence-electron chi connectivity index (χ3n) is 5.54. The van der Waals surface area contributed by atoms with Crippen LogP contribution in [0.25, 0.3) is 11.4 Å². The fraction of sp³-hybridized carbons (Fsp3) is 0.208. The Bertz CT molecular complexity index is 1360. The Morgan fingerprint density at radius 3 is 2.38 bits per heavy atom. The number of esters is 1. The third-order valence-corrected chi connectivity index (χ3v) is 6.39. The first-order valence-corrected chi connectivity index (χ1v) is 11.0. The zero-order chi connectivity index (χ0) is 23.0. The smallest absolute Gasteiger partial charge is 0.348 e. The summed E-state index contributed by atoms with van der Waals surface area (Å²) in [5, 5.41) is 1.77. The summed E-state index contributed by atoms with van der Waals surface area (Å²) in [6, 6.07) is 14.5. The molecule has 1 aromatic carbocycles. The van der Waals surface area contributed by atoms with E-state index in [9.17, 15) is 14.4 Å². The molecule has 0 bridgehead atoms. The van der Waals surface area contributed by atoms with Gasteiger partial charge in [-0.1, -0.05) is 24.3 Å². The quantitative estimate of drug-likeness (QED) is 0.329. The van der Waals surface area contributed by atoms with Crippen LogP contribution in [0.5, 0.6) is 0 Å². The Labute approximate surface area is 189 Å². The molecule has 0 fully saturated rings. The summed E-state index contributed by atoms with van der Waals surface area (Å²) >= 11 is 1.26. The molecular weight excluding hydrogens is 426 g/mol. The van der Waals surface area contributed by atoms with E-state index in [2.05, 4.69) is 0 Å². The number of thiophene rings is 1. The Morgan fingerprint density at radius 1 is 1.00 bits per heavy atom. The highest BCUT2D eigenvalue weighted by molar-refractivity contribution is 7.11. The number of rotatable bonds is 6. The Kier molecular flexibility index (Phi) is 5.71. The lowest BCUT2D eigenvalue weighted by Crippen LogP contribution is -2.22. The lowest BCUT2D eigenvalue weighted by atomic mass is 10.1. The van der Waals surface area contributed by atoms with E-state index in [0.717, 1.165) is 17.1 Å². The average Bonchev–Trinajstić information content (AvgIpc) is 3.47. The number of aromatic nitrogens is 3. The number of Topliss-reactive ketones (excluding diaryl/α,β-unsaturated/α-hetero) is 1. The van der Waals surface area contributed by atoms with Crippen molar-refractivity contribution in [3.8, 4) is 11.4 Å². The van der Waals surface area contributed by atoms with E-state index >= 15 is 0 Å². The second-order valence-corrected chi connectivity index (χ2v) is 8.45. The molecule has 0 aliphatic rings. The number of benzene rings is 1. The molecule has 0 atom stereocenters. The lowest BCUT2D eigenvalue weighted by Gasteiger charge is -2.08. The van der Waals surface area contributed by atoms with Gasteiger partial charge in [0.05, 0.1) is 11.4 Å². The molecule has 0 N–H and O–H groups in total. The number of ether oxygens (including phenoxy) is 1. The normalized spacial score (nSPS) is 11.0. The fourth-order valence-electron chi connectivity index (χ4n) is 3.88. The van der Waals surface area contributed by atoms with Crippen LogP contribution in [0.2, 0.25) is 0 Å². The highest BCUT2D eigenvalue weighted by Crippen LogP contribution is 2.23. The number of aryl methyl sites for hydroxylation is 1. The second-order valence-electron chi connectivity index (χ2n) is 7.51. The molecule has 3 heterocycles. The SMILES string of the molecule is Cc1cc(C(=O)COC(=O)c2cccs2)c(C)n1-c1c(C)n(C)n(-c2ccccc2)c1=O. The molecule has 0 aliphatic heterocycles. The molecule has 4 aromatic rings. The van der Waals surface area contributed by atoms with Gasteiger partial charge in [0.2, 0.25) is 5.78 Å². The zero-order valence-electron chi connectivity index (χ0n) is 18.3. The molecule has 4 rings (SSSR count). The molecule has 0 radical (unpaired) electrons. The van der Waals surface area contributed by atoms with Crippen molar-refractivity contribution >= 4 is 23.1 Å². The monoisotopic (exact) mass is 449 g/mol. The molecule has 164 valence electrons. The Hall–Kier alpha value is -3.65. The van der Waals surface area contributed by atoms with Gasteiger partial charge < -0.3 is 9.30 Å². The first kappa shape index (κ1) is 21.6. The maximum atomic E-state index is 13.4. The van der Waals surface area contributed by atoms with Gasteiger partial charge in [-0.15, -0.1) is 11.3 Å². The predicted molar refractivity (Wildman–Crippen MR) is 123 cm³/mol. The van der Waals surface area contributed by atoms with Crippen LogP contribution in [0.3, 0.4) is 0 Å². The number of carbonyl (C=O) groups excluding carboxylic acids is 2. The van der Waals surface area contributed by atoms with Crippen LogP contribution in [0.4, 0.5) is 0 Å². The summed E-state index contributed by atoms with van der Waals surface area (Å²) in [6.07, 6.45) is 0. The largest absolute Gasteiger partial charge is 0.453 e. The number of nitrogens with zero attached hydrogens (tertiary/aromatic N) is 3. The lowest BCUT2D eigenvalue weighted by molar-refractivity contribution is 0.0479. The molecule has 0 amide bonds. The van der Waals surface area contributed by atoms with Crippen LogP contribution in [0, 0.1) is 20.8 Å². The van der Waals surface area contributed by atoms with Gasteiger partial charge in [-0.3, -0.25) is 14.3 Å². The van der Waals surface area contributed by atoms with Crippen LogP contribution < -0.4 is 5.56 Å². The molecule has 0 unspecified atom stereocenters. The Morgan fingerprint density at radius 2 is 1.72 bits per heavy atom. The molecule has 0 spiro atoms. The van der Waals surface area contributed by atoms with Gasteiger partial charge in [0.1, 0.15) is 10.6 Å². The summed E-state index contributed by atoms with van der Waals surface area (Å²) in [5.41, 5.74) is 3.64. The van der Waals surface area contributed by atoms with Crippen molar-refractivity contribution in [2.75, 3.05) is 6.61 Å². The highest BCUT2D eigenvalue weighted by atomic mass is 32.1. The minimum Gasteiger partial charge on any atom is -0.453 e. The van der Waals surface area contributed by atoms with Gasteiger partial charge in [0.15, 0.2) is 6.61 Å². The fourth-order valence-corrected chi connectivity index (χ4v) is 4.49. The van der Waals surface area contributed by atoms with Crippen molar-refractivity contribution in [3.63, 3.8) is 0 Å². The number of hydrogen-bond acceptors (Lipinski definition) is 5. The van der Waals surface area contributed by atoms with Gasteiger partial charge in [-0.2, -0.15) is 0 Å². The molecule has 8 heteroatoms. The number of hydrogen-bond donors (Lipinski definition) is 0. The minimum atomic E-state index is -0.521. The molecule has 7 nitrogen and oxygen atoms in total. The first-order valence-electron chi connectivity index (χ1n) is 10.1. The van der Waals surface area contributed by atoms with Crippen molar-refractivity contribution in [2.45, 2.75) is 20.8 Å². The topological polar surface area (TPSA) is 75.2 Å². The summed E-state index contributed by atoms with van der Waals surface area (Å²) in [4.78, 5) is 38.8. The van der Waals surface area contributed by atoms with Crippen molar-refractivity contribution in [1.82, 2.24) is 13.9 Å².